The van der Waals surface area contributed by atoms with Crippen LogP contribution in [0.5, 0.6) is 0 Å². The quantitative estimate of drug-likeness (QED) is 0.694. The molecule has 0 radical (unpaired) electrons. The zero-order valence-electron chi connectivity index (χ0n) is 16.5. The summed E-state index contributed by atoms with van der Waals surface area (Å²) in [5.41, 5.74) is 2.03. The first kappa shape index (κ1) is 19.9. The number of hydrogen-bond donors (Lipinski definition) is 1. The highest BCUT2D eigenvalue weighted by molar-refractivity contribution is 7.15. The Labute approximate surface area is 177 Å². The van der Waals surface area contributed by atoms with Gasteiger partial charge in [0.2, 0.25) is 5.95 Å². The van der Waals surface area contributed by atoms with Crippen LogP contribution in [0, 0.1) is 31.0 Å². The number of nitrogens with one attached hydrogen (secondary N) is 1. The molecule has 1 unspecified atom stereocenters. The molecule has 7 nitrogen and oxygen atoms in total. The number of nitriles is 1. The molecule has 0 bridgehead atoms. The number of anilines is 1. The van der Waals surface area contributed by atoms with Crippen LogP contribution in [0.2, 0.25) is 0 Å². The minimum atomic E-state index is -0.605. The molecule has 1 amide bonds. The van der Waals surface area contributed by atoms with Crippen LogP contribution in [0.3, 0.4) is 0 Å². The van der Waals surface area contributed by atoms with E-state index >= 15 is 0 Å². The predicted octanol–water partition coefficient (Wildman–Crippen LogP) is 3.24. The Kier molecular flexibility index (Phi) is 5.42. The van der Waals surface area contributed by atoms with Gasteiger partial charge in [0.25, 0.3) is 5.91 Å². The normalized spacial score (nSPS) is 15.8. The zero-order chi connectivity index (χ0) is 21.3. The fourth-order valence-corrected chi connectivity index (χ4v) is 4.40. The Balaban J connectivity index is 1.46. The Morgan fingerprint density at radius 3 is 2.90 bits per heavy atom. The van der Waals surface area contributed by atoms with E-state index in [1.54, 1.807) is 17.5 Å². The SMILES string of the molecule is Cc1nc(C)c(-c2ccnc(N3CCC(NC(=O)c4cc(F)cc(C#N)c4)C3)n2)s1. The summed E-state index contributed by atoms with van der Waals surface area (Å²) in [6.07, 6.45) is 2.45. The van der Waals surface area contributed by atoms with E-state index in [4.69, 9.17) is 10.2 Å². The van der Waals surface area contributed by atoms with Gasteiger partial charge in [-0.05, 0) is 44.5 Å². The first-order chi connectivity index (χ1) is 14.4. The lowest BCUT2D eigenvalue weighted by Gasteiger charge is -2.17. The van der Waals surface area contributed by atoms with Gasteiger partial charge in [0.05, 0.1) is 32.9 Å². The highest BCUT2D eigenvalue weighted by atomic mass is 32.1. The smallest absolute Gasteiger partial charge is 0.251 e. The Morgan fingerprint density at radius 2 is 2.17 bits per heavy atom. The van der Waals surface area contributed by atoms with Crippen LogP contribution < -0.4 is 10.2 Å². The molecule has 0 aliphatic carbocycles. The minimum Gasteiger partial charge on any atom is -0.347 e. The molecular weight excluding hydrogens is 403 g/mol. The average Bonchev–Trinajstić information content (AvgIpc) is 3.33. The van der Waals surface area contributed by atoms with Gasteiger partial charge in [-0.2, -0.15) is 5.26 Å². The van der Waals surface area contributed by atoms with E-state index in [2.05, 4.69) is 15.3 Å². The zero-order valence-corrected chi connectivity index (χ0v) is 17.3. The van der Waals surface area contributed by atoms with Crippen LogP contribution in [0.1, 0.15) is 33.0 Å². The van der Waals surface area contributed by atoms with Crippen molar-refractivity contribution < 1.29 is 9.18 Å². The number of hydrogen-bond acceptors (Lipinski definition) is 7. The standard InChI is InChI=1S/C21H19FN6OS/c1-12-19(30-13(2)25-12)18-3-5-24-21(27-18)28-6-4-17(11-28)26-20(29)15-7-14(10-23)8-16(22)9-15/h3,5,7-9,17H,4,6,11H2,1-2H3,(H,26,29). The number of halogens is 1. The number of nitrogens with zero attached hydrogens (tertiary/aromatic N) is 5. The van der Waals surface area contributed by atoms with Crippen molar-refractivity contribution in [3.63, 3.8) is 0 Å². The lowest BCUT2D eigenvalue weighted by molar-refractivity contribution is 0.0940. The van der Waals surface area contributed by atoms with E-state index in [1.165, 1.54) is 6.07 Å². The van der Waals surface area contributed by atoms with Gasteiger partial charge in [-0.25, -0.2) is 19.3 Å². The number of carbonyl (C=O) groups is 1. The van der Waals surface area contributed by atoms with Crippen molar-refractivity contribution in [2.75, 3.05) is 18.0 Å². The third-order valence-corrected chi connectivity index (χ3v) is 5.97. The van der Waals surface area contributed by atoms with Gasteiger partial charge < -0.3 is 10.2 Å². The maximum Gasteiger partial charge on any atom is 0.251 e. The largest absolute Gasteiger partial charge is 0.347 e. The maximum absolute atomic E-state index is 13.6. The van der Waals surface area contributed by atoms with Gasteiger partial charge in [0.15, 0.2) is 0 Å². The average molecular weight is 422 g/mol. The summed E-state index contributed by atoms with van der Waals surface area (Å²) in [4.78, 5) is 29.1. The number of amides is 1. The van der Waals surface area contributed by atoms with Gasteiger partial charge in [0.1, 0.15) is 5.82 Å². The summed E-state index contributed by atoms with van der Waals surface area (Å²) >= 11 is 1.60. The fraction of sp³-hybridized carbons (Fsp3) is 0.286. The number of benzene rings is 1. The van der Waals surface area contributed by atoms with Gasteiger partial charge in [-0.15, -0.1) is 11.3 Å². The van der Waals surface area contributed by atoms with Crippen molar-refractivity contribution in [3.8, 4) is 16.6 Å². The maximum atomic E-state index is 13.6. The van der Waals surface area contributed by atoms with Crippen LogP contribution in [0.15, 0.2) is 30.5 Å². The van der Waals surface area contributed by atoms with E-state index in [0.717, 1.165) is 39.8 Å². The fourth-order valence-electron chi connectivity index (χ4n) is 3.51. The third kappa shape index (κ3) is 4.14. The van der Waals surface area contributed by atoms with E-state index < -0.39 is 11.7 Å². The number of rotatable bonds is 4. The van der Waals surface area contributed by atoms with Crippen LogP contribution in [-0.2, 0) is 0 Å². The lowest BCUT2D eigenvalue weighted by Crippen LogP contribution is -2.37. The second-order valence-electron chi connectivity index (χ2n) is 7.13. The van der Waals surface area contributed by atoms with E-state index in [1.807, 2.05) is 30.9 Å². The van der Waals surface area contributed by atoms with Crippen molar-refractivity contribution in [1.82, 2.24) is 20.3 Å². The molecule has 4 rings (SSSR count). The summed E-state index contributed by atoms with van der Waals surface area (Å²) < 4.78 is 13.6. The van der Waals surface area contributed by atoms with Gasteiger partial charge in [-0.3, -0.25) is 4.79 Å². The highest BCUT2D eigenvalue weighted by Gasteiger charge is 2.26. The molecule has 1 aliphatic rings. The van der Waals surface area contributed by atoms with Crippen molar-refractivity contribution in [1.29, 1.82) is 5.26 Å². The lowest BCUT2D eigenvalue weighted by atomic mass is 10.1. The van der Waals surface area contributed by atoms with Crippen LogP contribution in [0.4, 0.5) is 10.3 Å². The van der Waals surface area contributed by atoms with Crippen LogP contribution in [0.25, 0.3) is 10.6 Å². The predicted molar refractivity (Wildman–Crippen MR) is 112 cm³/mol. The topological polar surface area (TPSA) is 94.8 Å². The first-order valence-corrected chi connectivity index (χ1v) is 10.3. The molecule has 9 heteroatoms. The van der Waals surface area contributed by atoms with Gasteiger partial charge in [-0.1, -0.05) is 0 Å². The molecule has 3 aromatic rings. The van der Waals surface area contributed by atoms with Crippen molar-refractivity contribution >= 4 is 23.2 Å². The first-order valence-electron chi connectivity index (χ1n) is 9.47. The van der Waals surface area contributed by atoms with Crippen LogP contribution in [-0.4, -0.2) is 40.0 Å². The monoisotopic (exact) mass is 422 g/mol. The molecular formula is C21H19FN6OS. The summed E-state index contributed by atoms with van der Waals surface area (Å²) in [5, 5.41) is 12.9. The number of thiazole rings is 1. The van der Waals surface area contributed by atoms with Crippen molar-refractivity contribution in [2.24, 2.45) is 0 Å². The third-order valence-electron chi connectivity index (χ3n) is 4.87. The molecule has 3 heterocycles. The van der Waals surface area contributed by atoms with Crippen molar-refractivity contribution in [3.05, 3.63) is 58.1 Å². The molecule has 1 aliphatic heterocycles. The molecule has 1 fully saturated rings. The molecule has 30 heavy (non-hydrogen) atoms. The second-order valence-corrected chi connectivity index (χ2v) is 8.34. The Morgan fingerprint density at radius 1 is 1.33 bits per heavy atom. The van der Waals surface area contributed by atoms with E-state index in [-0.39, 0.29) is 17.2 Å². The minimum absolute atomic E-state index is 0.118. The van der Waals surface area contributed by atoms with E-state index in [0.29, 0.717) is 19.0 Å². The molecule has 1 aromatic carbocycles. The molecule has 1 N–H and O–H groups in total. The molecule has 1 saturated heterocycles. The molecule has 152 valence electrons. The molecule has 2 aromatic heterocycles. The number of aromatic nitrogens is 3. The summed E-state index contributed by atoms with van der Waals surface area (Å²) in [6.45, 7) is 5.18. The number of carbonyl (C=O) groups excluding carboxylic acids is 1. The molecule has 0 saturated carbocycles. The Hall–Kier alpha value is -3.38. The van der Waals surface area contributed by atoms with Crippen molar-refractivity contribution in [2.45, 2.75) is 26.3 Å². The summed E-state index contributed by atoms with van der Waals surface area (Å²) in [5.74, 6) is -0.401. The summed E-state index contributed by atoms with van der Waals surface area (Å²) in [6, 6.07) is 7.23. The summed E-state index contributed by atoms with van der Waals surface area (Å²) in [7, 11) is 0. The Bertz CT molecular complexity index is 1150. The highest BCUT2D eigenvalue weighted by Crippen LogP contribution is 2.29. The number of aryl methyl sites for hydroxylation is 2. The van der Waals surface area contributed by atoms with E-state index in [9.17, 15) is 9.18 Å². The van der Waals surface area contributed by atoms with Gasteiger partial charge in [0, 0.05) is 30.9 Å². The molecule has 0 spiro atoms. The molecule has 1 atom stereocenters. The van der Waals surface area contributed by atoms with Crippen LogP contribution >= 0.6 is 11.3 Å². The second kappa shape index (κ2) is 8.16. The van der Waals surface area contributed by atoms with Gasteiger partial charge >= 0.3 is 0 Å².